The number of pyridine rings is 1. The zero-order chi connectivity index (χ0) is 22.3. The Balaban J connectivity index is 2.00. The van der Waals surface area contributed by atoms with Crippen LogP contribution in [0.5, 0.6) is 17.2 Å². The second-order valence-corrected chi connectivity index (χ2v) is 7.52. The second kappa shape index (κ2) is 10.6. The Hall–Kier alpha value is -3.09. The lowest BCUT2D eigenvalue weighted by Crippen LogP contribution is -2.38. The maximum absolute atomic E-state index is 12.6. The number of esters is 1. The summed E-state index contributed by atoms with van der Waals surface area (Å²) in [5.41, 5.74) is -0.130. The minimum atomic E-state index is -0.711. The van der Waals surface area contributed by atoms with Crippen molar-refractivity contribution in [3.63, 3.8) is 0 Å². The molecule has 0 spiro atoms. The molecule has 0 aliphatic rings. The van der Waals surface area contributed by atoms with E-state index in [-0.39, 0.29) is 35.6 Å². The average Bonchev–Trinajstić information content (AvgIpc) is 2.72. The summed E-state index contributed by atoms with van der Waals surface area (Å²) in [7, 11) is 1.38. The van der Waals surface area contributed by atoms with Gasteiger partial charge in [0.1, 0.15) is 18.0 Å². The molecule has 0 saturated carbocycles. The number of aromatic nitrogens is 1. The van der Waals surface area contributed by atoms with Gasteiger partial charge in [0.2, 0.25) is 0 Å². The van der Waals surface area contributed by atoms with Crippen molar-refractivity contribution in [1.82, 2.24) is 4.98 Å². The van der Waals surface area contributed by atoms with Gasteiger partial charge in [-0.1, -0.05) is 39.0 Å². The van der Waals surface area contributed by atoms with E-state index >= 15 is 0 Å². The third kappa shape index (κ3) is 5.95. The first-order valence-electron chi connectivity index (χ1n) is 9.91. The maximum Gasteiger partial charge on any atom is 0.309 e. The van der Waals surface area contributed by atoms with E-state index in [1.54, 1.807) is 13.8 Å². The molecular weight excluding hydrogens is 386 g/mol. The fourth-order valence-corrected chi connectivity index (χ4v) is 3.06. The van der Waals surface area contributed by atoms with Gasteiger partial charge in [0.25, 0.3) is 0 Å². The third-order valence-corrected chi connectivity index (χ3v) is 4.70. The van der Waals surface area contributed by atoms with Crippen LogP contribution in [0.25, 0.3) is 0 Å². The molecular formula is C23H29NO6. The van der Waals surface area contributed by atoms with E-state index in [0.717, 1.165) is 0 Å². The predicted molar refractivity (Wildman–Crippen MR) is 112 cm³/mol. The molecule has 7 heteroatoms. The lowest BCUT2D eigenvalue weighted by molar-refractivity contribution is -0.158. The Morgan fingerprint density at radius 2 is 1.73 bits per heavy atom. The molecule has 1 aromatic carbocycles. The summed E-state index contributed by atoms with van der Waals surface area (Å²) in [6.07, 6.45) is 0.359. The Labute approximate surface area is 177 Å². The molecule has 0 radical (unpaired) electrons. The van der Waals surface area contributed by atoms with Gasteiger partial charge in [-0.15, -0.1) is 0 Å². The van der Waals surface area contributed by atoms with Crippen LogP contribution in [0.4, 0.5) is 0 Å². The maximum atomic E-state index is 12.6. The van der Waals surface area contributed by atoms with Gasteiger partial charge in [-0.25, -0.2) is 4.98 Å². The van der Waals surface area contributed by atoms with E-state index in [4.69, 9.17) is 14.2 Å². The van der Waals surface area contributed by atoms with Crippen molar-refractivity contribution in [3.05, 3.63) is 48.3 Å². The quantitative estimate of drug-likeness (QED) is 0.462. The van der Waals surface area contributed by atoms with Crippen LogP contribution in [0.3, 0.4) is 0 Å². The molecule has 162 valence electrons. The highest BCUT2D eigenvalue weighted by molar-refractivity contribution is 5.99. The van der Waals surface area contributed by atoms with Gasteiger partial charge in [-0.2, -0.15) is 0 Å². The second-order valence-electron chi connectivity index (χ2n) is 7.52. The lowest BCUT2D eigenvalue weighted by atomic mass is 10.0. The first-order chi connectivity index (χ1) is 14.2. The third-order valence-electron chi connectivity index (χ3n) is 4.70. The molecule has 0 fully saturated rings. The lowest BCUT2D eigenvalue weighted by Gasteiger charge is -2.29. The van der Waals surface area contributed by atoms with Crippen LogP contribution < -0.4 is 9.47 Å². The fourth-order valence-electron chi connectivity index (χ4n) is 3.06. The Kier molecular flexibility index (Phi) is 8.21. The number of benzene rings is 1. The number of para-hydroxylation sites is 1. The highest BCUT2D eigenvalue weighted by Gasteiger charge is 2.29. The largest absolute Gasteiger partial charge is 0.503 e. The van der Waals surface area contributed by atoms with E-state index < -0.39 is 23.8 Å². The molecule has 1 aromatic heterocycles. The number of nitrogens with zero attached hydrogens (tertiary/aromatic N) is 1. The van der Waals surface area contributed by atoms with Crippen LogP contribution in [0, 0.1) is 11.8 Å². The number of carbonyl (C=O) groups excluding carboxylic acids is 2. The van der Waals surface area contributed by atoms with Crippen molar-refractivity contribution in [2.75, 3.05) is 7.11 Å². The van der Waals surface area contributed by atoms with E-state index in [1.807, 2.05) is 44.2 Å². The van der Waals surface area contributed by atoms with E-state index in [0.29, 0.717) is 5.75 Å². The fraction of sp³-hybridized carbons (Fsp3) is 0.435. The first kappa shape index (κ1) is 23.2. The molecule has 0 bridgehead atoms. The van der Waals surface area contributed by atoms with Crippen LogP contribution in [0.15, 0.2) is 42.6 Å². The highest BCUT2D eigenvalue weighted by atomic mass is 16.6. The summed E-state index contributed by atoms with van der Waals surface area (Å²) >= 11 is 0. The van der Waals surface area contributed by atoms with Crippen molar-refractivity contribution in [2.45, 2.75) is 46.3 Å². The van der Waals surface area contributed by atoms with Crippen molar-refractivity contribution in [2.24, 2.45) is 11.8 Å². The first-order valence-corrected chi connectivity index (χ1v) is 9.91. The summed E-state index contributed by atoms with van der Waals surface area (Å²) in [4.78, 5) is 29.0. The molecule has 1 N–H and O–H groups in total. The molecule has 0 aliphatic carbocycles. The molecule has 3 atom stereocenters. The molecule has 1 heterocycles. The van der Waals surface area contributed by atoms with Crippen molar-refractivity contribution >= 4 is 11.8 Å². The SMILES string of the molecule is COc1ccnc(C(=O)C[C@@H](C)C(=O)O[C@H](C)[C@@H](Oc2ccccc2)C(C)C)c1O. The molecule has 2 rings (SSSR count). The number of ether oxygens (including phenoxy) is 3. The predicted octanol–water partition coefficient (Wildman–Crippen LogP) is 4.04. The van der Waals surface area contributed by atoms with E-state index in [9.17, 15) is 14.7 Å². The molecule has 2 aromatic rings. The number of Topliss-reactive ketones (excluding diaryl/α,β-unsaturated/α-hetero) is 1. The number of hydrogen-bond acceptors (Lipinski definition) is 7. The topological polar surface area (TPSA) is 95.0 Å². The zero-order valence-corrected chi connectivity index (χ0v) is 18.0. The average molecular weight is 415 g/mol. The zero-order valence-electron chi connectivity index (χ0n) is 18.0. The van der Waals surface area contributed by atoms with Crippen molar-refractivity contribution in [1.29, 1.82) is 0 Å². The van der Waals surface area contributed by atoms with Gasteiger partial charge in [0.15, 0.2) is 23.0 Å². The summed E-state index contributed by atoms with van der Waals surface area (Å²) < 4.78 is 16.6. The Bertz CT molecular complexity index is 852. The Morgan fingerprint density at radius 1 is 1.07 bits per heavy atom. The van der Waals surface area contributed by atoms with E-state index in [1.165, 1.54) is 19.4 Å². The van der Waals surface area contributed by atoms with Gasteiger partial charge < -0.3 is 19.3 Å². The van der Waals surface area contributed by atoms with Crippen LogP contribution in [0.1, 0.15) is 44.6 Å². The molecule has 0 unspecified atom stereocenters. The number of methoxy groups -OCH3 is 1. The normalized spacial score (nSPS) is 13.9. The highest BCUT2D eigenvalue weighted by Crippen LogP contribution is 2.29. The monoisotopic (exact) mass is 415 g/mol. The van der Waals surface area contributed by atoms with Crippen LogP contribution >= 0.6 is 0 Å². The van der Waals surface area contributed by atoms with Gasteiger partial charge in [-0.3, -0.25) is 9.59 Å². The number of rotatable bonds is 10. The van der Waals surface area contributed by atoms with Gasteiger partial charge in [0.05, 0.1) is 13.0 Å². The molecule has 0 aliphatic heterocycles. The standard InChI is InChI=1S/C23H29NO6/c1-14(2)22(30-17-9-7-6-8-10-17)16(4)29-23(27)15(3)13-18(25)20-21(26)19(28-5)11-12-24-20/h6-12,14-16,22,26H,13H2,1-5H3/t15-,16-,22+/m1/s1. The van der Waals surface area contributed by atoms with Crippen LogP contribution in [0.2, 0.25) is 0 Å². The van der Waals surface area contributed by atoms with Crippen molar-refractivity contribution < 1.29 is 28.9 Å². The summed E-state index contributed by atoms with van der Waals surface area (Å²) in [5, 5.41) is 10.1. The van der Waals surface area contributed by atoms with Gasteiger partial charge >= 0.3 is 5.97 Å². The number of aromatic hydroxyl groups is 1. The molecule has 7 nitrogen and oxygen atoms in total. The molecule has 30 heavy (non-hydrogen) atoms. The minimum absolute atomic E-state index is 0.0999. The summed E-state index contributed by atoms with van der Waals surface area (Å²) in [6, 6.07) is 10.8. The molecule has 0 saturated heterocycles. The number of ketones is 1. The van der Waals surface area contributed by atoms with Gasteiger partial charge in [0, 0.05) is 18.7 Å². The minimum Gasteiger partial charge on any atom is -0.503 e. The smallest absolute Gasteiger partial charge is 0.309 e. The number of hydrogen-bond donors (Lipinski definition) is 1. The summed E-state index contributed by atoms with van der Waals surface area (Å²) in [6.45, 7) is 7.35. The van der Waals surface area contributed by atoms with Crippen LogP contribution in [-0.4, -0.2) is 41.2 Å². The summed E-state index contributed by atoms with van der Waals surface area (Å²) in [5.74, 6) is -1.09. The van der Waals surface area contributed by atoms with E-state index in [2.05, 4.69) is 4.98 Å². The Morgan fingerprint density at radius 3 is 2.33 bits per heavy atom. The number of carbonyl (C=O) groups is 2. The molecule has 0 amide bonds. The van der Waals surface area contributed by atoms with Crippen molar-refractivity contribution in [3.8, 4) is 17.2 Å². The van der Waals surface area contributed by atoms with Crippen LogP contribution in [-0.2, 0) is 9.53 Å². The van der Waals surface area contributed by atoms with Gasteiger partial charge in [-0.05, 0) is 25.0 Å².